The van der Waals surface area contributed by atoms with E-state index >= 15 is 0 Å². The zero-order valence-electron chi connectivity index (χ0n) is 12.6. The van der Waals surface area contributed by atoms with E-state index in [9.17, 15) is 9.59 Å². The monoisotopic (exact) mass is 290 g/mol. The van der Waals surface area contributed by atoms with Crippen molar-refractivity contribution >= 4 is 17.5 Å². The Balaban J connectivity index is 1.85. The second-order valence-electron chi connectivity index (χ2n) is 5.56. The molecule has 1 aromatic carbocycles. The lowest BCUT2D eigenvalue weighted by Gasteiger charge is -2.30. The predicted molar refractivity (Wildman–Crippen MR) is 81.2 cm³/mol. The Morgan fingerprint density at radius 2 is 2.05 bits per heavy atom. The van der Waals surface area contributed by atoms with Gasteiger partial charge in [0.2, 0.25) is 5.91 Å². The van der Waals surface area contributed by atoms with Gasteiger partial charge in [0, 0.05) is 31.8 Å². The third kappa shape index (κ3) is 4.77. The highest BCUT2D eigenvalue weighted by atomic mass is 16.5. The fraction of sp³-hybridized carbons (Fsp3) is 0.500. The maximum absolute atomic E-state index is 12.1. The van der Waals surface area contributed by atoms with Gasteiger partial charge in [0.25, 0.3) is 5.91 Å². The zero-order valence-corrected chi connectivity index (χ0v) is 12.6. The van der Waals surface area contributed by atoms with Crippen LogP contribution >= 0.6 is 0 Å². The molecule has 1 fully saturated rings. The molecule has 0 aliphatic carbocycles. The van der Waals surface area contributed by atoms with E-state index in [-0.39, 0.29) is 18.4 Å². The molecule has 0 bridgehead atoms. The van der Waals surface area contributed by atoms with Crippen molar-refractivity contribution in [3.8, 4) is 5.75 Å². The van der Waals surface area contributed by atoms with Gasteiger partial charge in [-0.25, -0.2) is 0 Å². The van der Waals surface area contributed by atoms with E-state index < -0.39 is 0 Å². The molecule has 0 unspecified atom stereocenters. The van der Waals surface area contributed by atoms with E-state index in [2.05, 4.69) is 12.2 Å². The fourth-order valence-corrected chi connectivity index (χ4v) is 2.36. The molecule has 2 rings (SSSR count). The Hall–Kier alpha value is -2.04. The molecule has 1 heterocycles. The van der Waals surface area contributed by atoms with E-state index in [1.54, 1.807) is 24.3 Å². The van der Waals surface area contributed by atoms with Gasteiger partial charge >= 0.3 is 0 Å². The van der Waals surface area contributed by atoms with Crippen molar-refractivity contribution in [3.63, 3.8) is 0 Å². The Bertz CT molecular complexity index is 508. The number of ether oxygens (including phenoxy) is 1. The lowest BCUT2D eigenvalue weighted by atomic mass is 9.99. The summed E-state index contributed by atoms with van der Waals surface area (Å²) in [5.41, 5.74) is 0.666. The minimum absolute atomic E-state index is 0.0202. The van der Waals surface area contributed by atoms with Gasteiger partial charge in [0.1, 0.15) is 5.75 Å². The Labute approximate surface area is 125 Å². The third-order valence-electron chi connectivity index (χ3n) is 3.65. The first-order valence-electron chi connectivity index (χ1n) is 7.33. The van der Waals surface area contributed by atoms with E-state index in [4.69, 9.17) is 4.74 Å². The standard InChI is InChI=1S/C16H22N2O3/c1-12-6-8-18(9-7-12)16(20)11-21-15-5-3-4-14(10-15)17-13(2)19/h3-5,10,12H,6-9,11H2,1-2H3,(H,17,19). The van der Waals surface area contributed by atoms with Gasteiger partial charge in [-0.15, -0.1) is 0 Å². The molecule has 1 aliphatic heterocycles. The summed E-state index contributed by atoms with van der Waals surface area (Å²) in [4.78, 5) is 24.9. The van der Waals surface area contributed by atoms with Crippen molar-refractivity contribution in [1.82, 2.24) is 4.90 Å². The molecule has 5 nitrogen and oxygen atoms in total. The molecule has 0 radical (unpaired) electrons. The first-order chi connectivity index (χ1) is 10.0. The fourth-order valence-electron chi connectivity index (χ4n) is 2.36. The quantitative estimate of drug-likeness (QED) is 0.925. The SMILES string of the molecule is CC(=O)Nc1cccc(OCC(=O)N2CCC(C)CC2)c1. The van der Waals surface area contributed by atoms with Gasteiger partial charge in [-0.3, -0.25) is 9.59 Å². The van der Waals surface area contributed by atoms with Gasteiger partial charge in [-0.2, -0.15) is 0 Å². The first kappa shape index (κ1) is 15.4. The molecule has 1 N–H and O–H groups in total. The van der Waals surface area contributed by atoms with Gasteiger partial charge in [-0.1, -0.05) is 13.0 Å². The number of carbonyl (C=O) groups is 2. The highest BCUT2D eigenvalue weighted by molar-refractivity contribution is 5.88. The number of likely N-dealkylation sites (tertiary alicyclic amines) is 1. The van der Waals surface area contributed by atoms with Gasteiger partial charge in [0.05, 0.1) is 0 Å². The summed E-state index contributed by atoms with van der Waals surface area (Å²) in [6, 6.07) is 7.06. The number of nitrogens with zero attached hydrogens (tertiary/aromatic N) is 1. The summed E-state index contributed by atoms with van der Waals surface area (Å²) in [7, 11) is 0. The summed E-state index contributed by atoms with van der Waals surface area (Å²) in [5, 5.41) is 2.69. The normalized spacial score (nSPS) is 15.6. The van der Waals surface area contributed by atoms with Crippen LogP contribution in [0.3, 0.4) is 0 Å². The molecular weight excluding hydrogens is 268 g/mol. The van der Waals surface area contributed by atoms with Crippen LogP contribution in [0.4, 0.5) is 5.69 Å². The number of hydrogen-bond donors (Lipinski definition) is 1. The van der Waals surface area contributed by atoms with Crippen molar-refractivity contribution in [3.05, 3.63) is 24.3 Å². The second-order valence-corrected chi connectivity index (χ2v) is 5.56. The number of piperidine rings is 1. The Morgan fingerprint density at radius 3 is 2.71 bits per heavy atom. The van der Waals surface area contributed by atoms with Crippen molar-refractivity contribution < 1.29 is 14.3 Å². The van der Waals surface area contributed by atoms with Crippen LogP contribution in [0.2, 0.25) is 0 Å². The molecular formula is C16H22N2O3. The number of rotatable bonds is 4. The maximum Gasteiger partial charge on any atom is 0.260 e. The van der Waals surface area contributed by atoms with Crippen LogP contribution in [0.5, 0.6) is 5.75 Å². The average Bonchev–Trinajstić information content (AvgIpc) is 2.45. The van der Waals surface area contributed by atoms with E-state index in [1.165, 1.54) is 6.92 Å². The van der Waals surface area contributed by atoms with Gasteiger partial charge in [0.15, 0.2) is 6.61 Å². The van der Waals surface area contributed by atoms with Crippen molar-refractivity contribution in [2.45, 2.75) is 26.7 Å². The molecule has 21 heavy (non-hydrogen) atoms. The molecule has 0 saturated carbocycles. The lowest BCUT2D eigenvalue weighted by Crippen LogP contribution is -2.40. The zero-order chi connectivity index (χ0) is 15.2. The molecule has 114 valence electrons. The molecule has 1 saturated heterocycles. The lowest BCUT2D eigenvalue weighted by molar-refractivity contribution is -0.134. The second kappa shape index (κ2) is 7.11. The number of amides is 2. The van der Waals surface area contributed by atoms with Gasteiger partial charge in [-0.05, 0) is 30.9 Å². The Morgan fingerprint density at radius 1 is 1.33 bits per heavy atom. The topological polar surface area (TPSA) is 58.6 Å². The highest BCUT2D eigenvalue weighted by Crippen LogP contribution is 2.19. The number of benzene rings is 1. The molecule has 2 amide bonds. The van der Waals surface area contributed by atoms with Crippen molar-refractivity contribution in [2.75, 3.05) is 25.0 Å². The molecule has 1 aromatic rings. The van der Waals surface area contributed by atoms with Gasteiger partial charge < -0.3 is 15.0 Å². The minimum Gasteiger partial charge on any atom is -0.484 e. The van der Waals surface area contributed by atoms with E-state index in [0.29, 0.717) is 17.4 Å². The largest absolute Gasteiger partial charge is 0.484 e. The predicted octanol–water partition coefficient (Wildman–Crippen LogP) is 2.28. The smallest absolute Gasteiger partial charge is 0.260 e. The van der Waals surface area contributed by atoms with Crippen molar-refractivity contribution in [1.29, 1.82) is 0 Å². The van der Waals surface area contributed by atoms with Crippen LogP contribution in [-0.2, 0) is 9.59 Å². The summed E-state index contributed by atoms with van der Waals surface area (Å²) < 4.78 is 5.53. The maximum atomic E-state index is 12.1. The molecule has 0 spiro atoms. The number of hydrogen-bond acceptors (Lipinski definition) is 3. The molecule has 0 aromatic heterocycles. The third-order valence-corrected chi connectivity index (χ3v) is 3.65. The van der Waals surface area contributed by atoms with Crippen molar-refractivity contribution in [2.24, 2.45) is 5.92 Å². The minimum atomic E-state index is -0.134. The summed E-state index contributed by atoms with van der Waals surface area (Å²) in [6.07, 6.45) is 2.12. The number of nitrogens with one attached hydrogen (secondary N) is 1. The number of carbonyl (C=O) groups excluding carboxylic acids is 2. The van der Waals surface area contributed by atoms with E-state index in [1.807, 2.05) is 4.90 Å². The van der Waals surface area contributed by atoms with Crippen LogP contribution in [0.1, 0.15) is 26.7 Å². The van der Waals surface area contributed by atoms with Crippen LogP contribution < -0.4 is 10.1 Å². The molecule has 5 heteroatoms. The number of anilines is 1. The molecule has 0 atom stereocenters. The molecule has 1 aliphatic rings. The highest BCUT2D eigenvalue weighted by Gasteiger charge is 2.20. The average molecular weight is 290 g/mol. The Kier molecular flexibility index (Phi) is 5.20. The summed E-state index contributed by atoms with van der Waals surface area (Å²) >= 11 is 0. The first-order valence-corrected chi connectivity index (χ1v) is 7.33. The summed E-state index contributed by atoms with van der Waals surface area (Å²) in [6.45, 7) is 5.34. The van der Waals surface area contributed by atoms with Crippen LogP contribution in [0, 0.1) is 5.92 Å². The summed E-state index contributed by atoms with van der Waals surface area (Å²) in [5.74, 6) is 1.17. The van der Waals surface area contributed by atoms with Crippen LogP contribution in [0.15, 0.2) is 24.3 Å². The van der Waals surface area contributed by atoms with Crippen LogP contribution in [-0.4, -0.2) is 36.4 Å². The van der Waals surface area contributed by atoms with E-state index in [0.717, 1.165) is 25.9 Å². The van der Waals surface area contributed by atoms with Crippen LogP contribution in [0.25, 0.3) is 0 Å².